The van der Waals surface area contributed by atoms with Crippen LogP contribution >= 0.6 is 0 Å². The van der Waals surface area contributed by atoms with Crippen LogP contribution < -0.4 is 4.74 Å². The molecule has 1 atom stereocenters. The molecule has 0 heterocycles. The lowest BCUT2D eigenvalue weighted by Gasteiger charge is -2.25. The number of carbonyl (C=O) groups is 1. The third-order valence-electron chi connectivity index (χ3n) is 3.28. The first-order valence-corrected chi connectivity index (χ1v) is 6.87. The summed E-state index contributed by atoms with van der Waals surface area (Å²) < 4.78 is 10.3. The molecule has 4 nitrogen and oxygen atoms in total. The van der Waals surface area contributed by atoms with Crippen LogP contribution in [0.1, 0.15) is 38.7 Å². The molecule has 0 fully saturated rings. The van der Waals surface area contributed by atoms with Crippen LogP contribution in [0.25, 0.3) is 0 Å². The summed E-state index contributed by atoms with van der Waals surface area (Å²) in [7, 11) is 1.56. The standard InChI is InChI=1S/C16H21NO3/c1-4-6-10-16(12-17,15(18)20-5-2)13-8-7-9-14(11-13)19-3/h7-9,11H,4-6,10H2,1-3H3/t16-/m0/s1. The van der Waals surface area contributed by atoms with Crippen molar-refractivity contribution in [1.29, 1.82) is 5.26 Å². The fraction of sp³-hybridized carbons (Fsp3) is 0.500. The van der Waals surface area contributed by atoms with Gasteiger partial charge in [-0.05, 0) is 31.0 Å². The molecule has 0 saturated heterocycles. The lowest BCUT2D eigenvalue weighted by Crippen LogP contribution is -2.36. The van der Waals surface area contributed by atoms with E-state index in [2.05, 4.69) is 6.07 Å². The number of nitriles is 1. The normalized spacial score (nSPS) is 13.1. The van der Waals surface area contributed by atoms with Crippen LogP contribution in [0.4, 0.5) is 0 Å². The highest BCUT2D eigenvalue weighted by Gasteiger charge is 2.41. The molecule has 1 aromatic rings. The highest BCUT2D eigenvalue weighted by atomic mass is 16.5. The van der Waals surface area contributed by atoms with Crippen LogP contribution in [-0.4, -0.2) is 19.7 Å². The molecule has 108 valence electrons. The van der Waals surface area contributed by atoms with Crippen LogP contribution in [0.15, 0.2) is 24.3 Å². The first-order valence-electron chi connectivity index (χ1n) is 6.87. The average Bonchev–Trinajstić information content (AvgIpc) is 2.49. The van der Waals surface area contributed by atoms with Crippen molar-refractivity contribution in [3.8, 4) is 11.8 Å². The van der Waals surface area contributed by atoms with Crippen molar-refractivity contribution in [2.75, 3.05) is 13.7 Å². The maximum absolute atomic E-state index is 12.3. The predicted molar refractivity (Wildman–Crippen MR) is 76.4 cm³/mol. The maximum atomic E-state index is 12.3. The molecule has 0 radical (unpaired) electrons. The van der Waals surface area contributed by atoms with Crippen LogP contribution in [0, 0.1) is 11.3 Å². The zero-order chi connectivity index (χ0) is 15.0. The second-order valence-electron chi connectivity index (χ2n) is 4.57. The van der Waals surface area contributed by atoms with E-state index < -0.39 is 11.4 Å². The molecule has 0 amide bonds. The van der Waals surface area contributed by atoms with Gasteiger partial charge in [-0.1, -0.05) is 31.9 Å². The largest absolute Gasteiger partial charge is 0.497 e. The number of hydrogen-bond donors (Lipinski definition) is 0. The zero-order valence-corrected chi connectivity index (χ0v) is 12.3. The number of benzene rings is 1. The van der Waals surface area contributed by atoms with E-state index in [9.17, 15) is 10.1 Å². The Kier molecular flexibility index (Phi) is 6.05. The Bertz CT molecular complexity index is 493. The minimum absolute atomic E-state index is 0.262. The Balaban J connectivity index is 3.26. The molecule has 0 spiro atoms. The van der Waals surface area contributed by atoms with Gasteiger partial charge in [-0.2, -0.15) is 5.26 Å². The predicted octanol–water partition coefficient (Wildman–Crippen LogP) is 3.21. The molecule has 1 rings (SSSR count). The van der Waals surface area contributed by atoms with E-state index in [4.69, 9.17) is 9.47 Å². The van der Waals surface area contributed by atoms with Crippen molar-refractivity contribution in [2.45, 2.75) is 38.5 Å². The smallest absolute Gasteiger partial charge is 0.331 e. The van der Waals surface area contributed by atoms with E-state index in [1.807, 2.05) is 6.92 Å². The van der Waals surface area contributed by atoms with Crippen molar-refractivity contribution in [2.24, 2.45) is 0 Å². The summed E-state index contributed by atoms with van der Waals surface area (Å²) in [5.74, 6) is 0.145. The van der Waals surface area contributed by atoms with Crippen LogP contribution in [0.2, 0.25) is 0 Å². The number of hydrogen-bond acceptors (Lipinski definition) is 4. The van der Waals surface area contributed by atoms with E-state index in [-0.39, 0.29) is 6.61 Å². The molecule has 0 bridgehead atoms. The summed E-state index contributed by atoms with van der Waals surface area (Å²) in [5, 5.41) is 9.63. The van der Waals surface area contributed by atoms with E-state index in [0.29, 0.717) is 17.7 Å². The molecule has 0 aliphatic heterocycles. The Labute approximate surface area is 120 Å². The molecule has 0 saturated carbocycles. The quantitative estimate of drug-likeness (QED) is 0.717. The number of unbranched alkanes of at least 4 members (excludes halogenated alkanes) is 1. The fourth-order valence-corrected chi connectivity index (χ4v) is 2.12. The number of methoxy groups -OCH3 is 1. The molecule has 0 aromatic heterocycles. The molecule has 4 heteroatoms. The van der Waals surface area contributed by atoms with Gasteiger partial charge in [0.2, 0.25) is 0 Å². The summed E-state index contributed by atoms with van der Waals surface area (Å²) in [6.45, 7) is 4.03. The van der Waals surface area contributed by atoms with Crippen molar-refractivity contribution in [3.05, 3.63) is 29.8 Å². The van der Waals surface area contributed by atoms with Gasteiger partial charge in [0.05, 0.1) is 19.8 Å². The van der Waals surface area contributed by atoms with E-state index in [1.165, 1.54) is 0 Å². The minimum atomic E-state index is -1.25. The SMILES string of the molecule is CCCC[C@@](C#N)(C(=O)OCC)c1cccc(OC)c1. The molecule has 20 heavy (non-hydrogen) atoms. The minimum Gasteiger partial charge on any atom is -0.497 e. The Hall–Kier alpha value is -2.02. The summed E-state index contributed by atoms with van der Waals surface area (Å²) in [5.41, 5.74) is -0.619. The van der Waals surface area contributed by atoms with Crippen molar-refractivity contribution in [3.63, 3.8) is 0 Å². The third kappa shape index (κ3) is 3.30. The molecule has 0 aliphatic rings. The maximum Gasteiger partial charge on any atom is 0.331 e. The summed E-state index contributed by atoms with van der Waals surface area (Å²) in [6.07, 6.45) is 2.14. The van der Waals surface area contributed by atoms with Gasteiger partial charge in [0, 0.05) is 0 Å². The average molecular weight is 275 g/mol. The first-order chi connectivity index (χ1) is 9.64. The van der Waals surface area contributed by atoms with Gasteiger partial charge in [-0.25, -0.2) is 4.79 Å². The van der Waals surface area contributed by atoms with Gasteiger partial charge in [0.25, 0.3) is 0 Å². The topological polar surface area (TPSA) is 59.3 Å². The molecule has 0 aliphatic carbocycles. The highest BCUT2D eigenvalue weighted by molar-refractivity contribution is 5.87. The van der Waals surface area contributed by atoms with E-state index in [0.717, 1.165) is 12.8 Å². The first kappa shape index (κ1) is 16.0. The molecular weight excluding hydrogens is 254 g/mol. The van der Waals surface area contributed by atoms with Crippen LogP contribution in [-0.2, 0) is 14.9 Å². The second-order valence-corrected chi connectivity index (χ2v) is 4.57. The van der Waals surface area contributed by atoms with E-state index in [1.54, 1.807) is 38.3 Å². The zero-order valence-electron chi connectivity index (χ0n) is 12.3. The number of esters is 1. The Morgan fingerprint density at radius 2 is 2.15 bits per heavy atom. The fourth-order valence-electron chi connectivity index (χ4n) is 2.12. The van der Waals surface area contributed by atoms with Gasteiger partial charge >= 0.3 is 5.97 Å². The summed E-state index contributed by atoms with van der Waals surface area (Å²) in [4.78, 5) is 12.3. The Morgan fingerprint density at radius 1 is 1.40 bits per heavy atom. The lowest BCUT2D eigenvalue weighted by atomic mass is 9.77. The van der Waals surface area contributed by atoms with Crippen LogP contribution in [0.3, 0.4) is 0 Å². The van der Waals surface area contributed by atoms with E-state index >= 15 is 0 Å². The van der Waals surface area contributed by atoms with Crippen molar-refractivity contribution >= 4 is 5.97 Å². The second kappa shape index (κ2) is 7.54. The summed E-state index contributed by atoms with van der Waals surface area (Å²) >= 11 is 0. The van der Waals surface area contributed by atoms with Gasteiger partial charge < -0.3 is 9.47 Å². The molecule has 0 unspecified atom stereocenters. The Morgan fingerprint density at radius 3 is 2.70 bits per heavy atom. The van der Waals surface area contributed by atoms with Gasteiger partial charge in [-0.15, -0.1) is 0 Å². The number of carbonyl (C=O) groups excluding carboxylic acids is 1. The monoisotopic (exact) mass is 275 g/mol. The molecule has 0 N–H and O–H groups in total. The van der Waals surface area contributed by atoms with Crippen molar-refractivity contribution < 1.29 is 14.3 Å². The number of nitrogens with zero attached hydrogens (tertiary/aromatic N) is 1. The van der Waals surface area contributed by atoms with Crippen LogP contribution in [0.5, 0.6) is 5.75 Å². The lowest BCUT2D eigenvalue weighted by molar-refractivity contribution is -0.148. The summed E-state index contributed by atoms with van der Waals surface area (Å²) in [6, 6.07) is 9.25. The highest BCUT2D eigenvalue weighted by Crippen LogP contribution is 2.33. The van der Waals surface area contributed by atoms with Gasteiger partial charge in [0.15, 0.2) is 5.41 Å². The van der Waals surface area contributed by atoms with Gasteiger partial charge in [-0.3, -0.25) is 0 Å². The number of ether oxygens (including phenoxy) is 2. The van der Waals surface area contributed by atoms with Crippen molar-refractivity contribution in [1.82, 2.24) is 0 Å². The molecular formula is C16H21NO3. The van der Waals surface area contributed by atoms with Gasteiger partial charge in [0.1, 0.15) is 5.75 Å². The number of rotatable bonds is 7. The third-order valence-corrected chi connectivity index (χ3v) is 3.28. The molecule has 1 aromatic carbocycles.